The minimum Gasteiger partial charge on any atom is -0.391 e. The summed E-state index contributed by atoms with van der Waals surface area (Å²) in [6.45, 7) is 1.13. The van der Waals surface area contributed by atoms with Gasteiger partial charge in [0.2, 0.25) is 0 Å². The van der Waals surface area contributed by atoms with Crippen LogP contribution in [0.15, 0.2) is 5.11 Å². The highest BCUT2D eigenvalue weighted by Gasteiger charge is 2.21. The first kappa shape index (κ1) is 8.33. The molecule has 2 atom stereocenters. The van der Waals surface area contributed by atoms with Crippen LogP contribution in [0.5, 0.6) is 0 Å². The topological polar surface area (TPSA) is 81.0 Å². The number of rotatable bonds is 3. The Labute approximate surface area is 65.0 Å². The average Bonchev–Trinajstić information content (AvgIpc) is 2.52. The van der Waals surface area contributed by atoms with E-state index in [4.69, 9.17) is 5.53 Å². The van der Waals surface area contributed by atoms with Crippen LogP contribution in [0.3, 0.4) is 0 Å². The summed E-state index contributed by atoms with van der Waals surface area (Å²) in [5.41, 5.74) is 7.98. The largest absolute Gasteiger partial charge is 0.391 e. The average molecular weight is 156 g/mol. The SMILES string of the molecule is [N-]=[N+]=NC[C@H](O)[C@H]1CCCN1. The van der Waals surface area contributed by atoms with Crippen molar-refractivity contribution in [3.05, 3.63) is 10.4 Å². The normalized spacial score (nSPS) is 26.1. The van der Waals surface area contributed by atoms with E-state index in [0.29, 0.717) is 0 Å². The molecule has 0 aromatic heterocycles. The quantitative estimate of drug-likeness (QED) is 0.352. The van der Waals surface area contributed by atoms with Gasteiger partial charge in [0, 0.05) is 11.0 Å². The molecule has 5 nitrogen and oxygen atoms in total. The molecule has 11 heavy (non-hydrogen) atoms. The second-order valence-corrected chi connectivity index (χ2v) is 2.68. The first-order valence-corrected chi connectivity index (χ1v) is 3.77. The lowest BCUT2D eigenvalue weighted by atomic mass is 10.1. The van der Waals surface area contributed by atoms with Crippen molar-refractivity contribution < 1.29 is 5.11 Å². The molecule has 1 fully saturated rings. The number of nitrogens with zero attached hydrogens (tertiary/aromatic N) is 3. The van der Waals surface area contributed by atoms with E-state index < -0.39 is 6.10 Å². The molecule has 1 saturated heterocycles. The van der Waals surface area contributed by atoms with Crippen LogP contribution in [0, 0.1) is 0 Å². The summed E-state index contributed by atoms with van der Waals surface area (Å²) in [5.74, 6) is 0. The van der Waals surface area contributed by atoms with Crippen molar-refractivity contribution in [1.29, 1.82) is 0 Å². The van der Waals surface area contributed by atoms with Gasteiger partial charge in [0.15, 0.2) is 0 Å². The summed E-state index contributed by atoms with van der Waals surface area (Å²) in [6, 6.07) is 0.125. The Morgan fingerprint density at radius 1 is 1.82 bits per heavy atom. The molecule has 1 aliphatic heterocycles. The smallest absolute Gasteiger partial charge is 0.0749 e. The van der Waals surface area contributed by atoms with Crippen molar-refractivity contribution in [3.8, 4) is 0 Å². The zero-order valence-corrected chi connectivity index (χ0v) is 6.27. The molecule has 0 aliphatic carbocycles. The van der Waals surface area contributed by atoms with Gasteiger partial charge in [-0.15, -0.1) is 0 Å². The van der Waals surface area contributed by atoms with Gasteiger partial charge in [-0.3, -0.25) is 0 Å². The molecule has 0 unspecified atom stereocenters. The molecule has 1 aliphatic rings. The minimum atomic E-state index is -0.520. The molecule has 0 saturated carbocycles. The fourth-order valence-electron chi connectivity index (χ4n) is 1.29. The second kappa shape index (κ2) is 4.18. The maximum absolute atomic E-state index is 9.35. The van der Waals surface area contributed by atoms with Crippen molar-refractivity contribution in [2.45, 2.75) is 25.0 Å². The highest BCUT2D eigenvalue weighted by molar-refractivity contribution is 4.82. The van der Waals surface area contributed by atoms with Crippen LogP contribution in [0.25, 0.3) is 10.4 Å². The number of aliphatic hydroxyl groups excluding tert-OH is 1. The Balaban J connectivity index is 2.27. The Kier molecular flexibility index (Phi) is 3.16. The third kappa shape index (κ3) is 2.38. The fraction of sp³-hybridized carbons (Fsp3) is 1.00. The van der Waals surface area contributed by atoms with Gasteiger partial charge < -0.3 is 10.4 Å². The zero-order chi connectivity index (χ0) is 8.10. The highest BCUT2D eigenvalue weighted by atomic mass is 16.3. The van der Waals surface area contributed by atoms with Gasteiger partial charge in [-0.05, 0) is 24.9 Å². The molecular weight excluding hydrogens is 144 g/mol. The molecule has 0 amide bonds. The summed E-state index contributed by atoms with van der Waals surface area (Å²) >= 11 is 0. The summed E-state index contributed by atoms with van der Waals surface area (Å²) in [7, 11) is 0. The van der Waals surface area contributed by atoms with E-state index in [9.17, 15) is 5.11 Å². The van der Waals surface area contributed by atoms with Crippen molar-refractivity contribution in [3.63, 3.8) is 0 Å². The predicted molar refractivity (Wildman–Crippen MR) is 41.0 cm³/mol. The number of nitrogens with one attached hydrogen (secondary N) is 1. The van der Waals surface area contributed by atoms with Gasteiger partial charge in [-0.25, -0.2) is 0 Å². The van der Waals surface area contributed by atoms with Gasteiger partial charge in [0.25, 0.3) is 0 Å². The first-order chi connectivity index (χ1) is 5.34. The lowest BCUT2D eigenvalue weighted by Crippen LogP contribution is -2.36. The van der Waals surface area contributed by atoms with Gasteiger partial charge in [0.05, 0.1) is 12.6 Å². The van der Waals surface area contributed by atoms with Crippen molar-refractivity contribution in [2.24, 2.45) is 5.11 Å². The third-order valence-electron chi connectivity index (χ3n) is 1.89. The van der Waals surface area contributed by atoms with Crippen molar-refractivity contribution in [2.75, 3.05) is 13.1 Å². The lowest BCUT2D eigenvalue weighted by molar-refractivity contribution is 0.143. The van der Waals surface area contributed by atoms with Crippen LogP contribution in [-0.2, 0) is 0 Å². The Morgan fingerprint density at radius 2 is 2.64 bits per heavy atom. The maximum atomic E-state index is 9.35. The number of hydrogen-bond donors (Lipinski definition) is 2. The van der Waals surface area contributed by atoms with Crippen molar-refractivity contribution >= 4 is 0 Å². The van der Waals surface area contributed by atoms with Crippen LogP contribution < -0.4 is 5.32 Å². The Morgan fingerprint density at radius 3 is 3.18 bits per heavy atom. The van der Waals surface area contributed by atoms with Crippen LogP contribution in [0.4, 0.5) is 0 Å². The molecular formula is C6H12N4O. The number of aliphatic hydroxyl groups is 1. The van der Waals surface area contributed by atoms with E-state index in [-0.39, 0.29) is 12.6 Å². The number of azide groups is 1. The molecule has 0 aromatic carbocycles. The van der Waals surface area contributed by atoms with Crippen LogP contribution in [-0.4, -0.2) is 30.3 Å². The Hall–Kier alpha value is -0.770. The van der Waals surface area contributed by atoms with Gasteiger partial charge in [-0.2, -0.15) is 0 Å². The lowest BCUT2D eigenvalue weighted by Gasteiger charge is -2.15. The molecule has 0 radical (unpaired) electrons. The highest BCUT2D eigenvalue weighted by Crippen LogP contribution is 2.09. The van der Waals surface area contributed by atoms with Crippen LogP contribution >= 0.6 is 0 Å². The zero-order valence-electron chi connectivity index (χ0n) is 6.27. The van der Waals surface area contributed by atoms with E-state index in [1.807, 2.05) is 0 Å². The van der Waals surface area contributed by atoms with E-state index in [1.54, 1.807) is 0 Å². The third-order valence-corrected chi connectivity index (χ3v) is 1.89. The van der Waals surface area contributed by atoms with Gasteiger partial charge in [0.1, 0.15) is 0 Å². The molecule has 0 bridgehead atoms. The number of hydrogen-bond acceptors (Lipinski definition) is 3. The molecule has 2 N–H and O–H groups in total. The summed E-state index contributed by atoms with van der Waals surface area (Å²) < 4.78 is 0. The van der Waals surface area contributed by atoms with Gasteiger partial charge >= 0.3 is 0 Å². The van der Waals surface area contributed by atoms with E-state index in [2.05, 4.69) is 15.3 Å². The van der Waals surface area contributed by atoms with Crippen LogP contribution in [0.1, 0.15) is 12.8 Å². The Bertz CT molecular complexity index is 160. The van der Waals surface area contributed by atoms with Crippen molar-refractivity contribution in [1.82, 2.24) is 5.32 Å². The predicted octanol–water partition coefficient (Wildman–Crippen LogP) is 0.410. The summed E-state index contributed by atoms with van der Waals surface area (Å²) in [5, 5.41) is 15.8. The molecule has 0 spiro atoms. The van der Waals surface area contributed by atoms with Gasteiger partial charge in [-0.1, -0.05) is 5.11 Å². The monoisotopic (exact) mass is 156 g/mol. The fourth-order valence-corrected chi connectivity index (χ4v) is 1.29. The molecule has 1 rings (SSSR count). The molecule has 62 valence electrons. The summed E-state index contributed by atoms with van der Waals surface area (Å²) in [6.07, 6.45) is 1.55. The molecule has 0 aromatic rings. The molecule has 5 heteroatoms. The van der Waals surface area contributed by atoms with E-state index in [0.717, 1.165) is 19.4 Å². The second-order valence-electron chi connectivity index (χ2n) is 2.68. The minimum absolute atomic E-state index is 0.125. The first-order valence-electron chi connectivity index (χ1n) is 3.77. The molecule has 1 heterocycles. The van der Waals surface area contributed by atoms with E-state index in [1.165, 1.54) is 0 Å². The van der Waals surface area contributed by atoms with Crippen LogP contribution in [0.2, 0.25) is 0 Å². The van der Waals surface area contributed by atoms with E-state index >= 15 is 0 Å². The summed E-state index contributed by atoms with van der Waals surface area (Å²) in [4.78, 5) is 2.58. The maximum Gasteiger partial charge on any atom is 0.0749 e. The standard InChI is InChI=1S/C6H12N4O/c7-10-9-4-6(11)5-2-1-3-8-5/h5-6,8,11H,1-4H2/t5-,6+/m1/s1.